The number of halogens is 3. The van der Waals surface area contributed by atoms with E-state index in [1.54, 1.807) is 6.07 Å². The number of hydrogen-bond donors (Lipinski definition) is 2. The smallest absolute Gasteiger partial charge is 0.147 e. The Morgan fingerprint density at radius 3 is 2.61 bits per heavy atom. The Labute approximate surface area is 150 Å². The standard InChI is InChI=1S/C17H15Cl3N2O/c1-2-23-17-12(7-10(18)8-14(17)20)16-9-15(21-22-16)11-5-3-4-6-13(11)19/h3-9,15,21-22H,2H2,1H3/t15-/m0/s1. The van der Waals surface area contributed by atoms with Gasteiger partial charge in [0.15, 0.2) is 0 Å². The van der Waals surface area contributed by atoms with Gasteiger partial charge < -0.3 is 10.2 Å². The van der Waals surface area contributed by atoms with E-state index in [4.69, 9.17) is 39.5 Å². The van der Waals surface area contributed by atoms with Gasteiger partial charge in [-0.1, -0.05) is 53.0 Å². The fraction of sp³-hybridized carbons (Fsp3) is 0.176. The molecule has 0 saturated carbocycles. The topological polar surface area (TPSA) is 33.3 Å². The van der Waals surface area contributed by atoms with Gasteiger partial charge in [-0.25, -0.2) is 5.43 Å². The van der Waals surface area contributed by atoms with Gasteiger partial charge in [-0.15, -0.1) is 0 Å². The van der Waals surface area contributed by atoms with Gasteiger partial charge in [0.05, 0.1) is 23.4 Å². The molecule has 0 radical (unpaired) electrons. The predicted molar refractivity (Wildman–Crippen MR) is 96.1 cm³/mol. The second-order valence-corrected chi connectivity index (χ2v) is 6.30. The van der Waals surface area contributed by atoms with Gasteiger partial charge in [-0.3, -0.25) is 0 Å². The first-order valence-electron chi connectivity index (χ1n) is 7.20. The molecule has 3 rings (SSSR count). The van der Waals surface area contributed by atoms with Crippen LogP contribution in [-0.4, -0.2) is 6.61 Å². The van der Waals surface area contributed by atoms with Gasteiger partial charge in [0.2, 0.25) is 0 Å². The van der Waals surface area contributed by atoms with Crippen LogP contribution in [0.4, 0.5) is 0 Å². The van der Waals surface area contributed by atoms with Crippen molar-refractivity contribution in [2.75, 3.05) is 6.61 Å². The molecule has 1 aliphatic rings. The molecule has 0 unspecified atom stereocenters. The van der Waals surface area contributed by atoms with Crippen LogP contribution < -0.4 is 15.6 Å². The van der Waals surface area contributed by atoms with Crippen LogP contribution in [-0.2, 0) is 0 Å². The van der Waals surface area contributed by atoms with Crippen LogP contribution in [0.2, 0.25) is 15.1 Å². The van der Waals surface area contributed by atoms with Crippen molar-refractivity contribution in [3.63, 3.8) is 0 Å². The number of rotatable bonds is 4. The molecular weight excluding hydrogens is 355 g/mol. The van der Waals surface area contributed by atoms with Crippen molar-refractivity contribution in [1.82, 2.24) is 10.9 Å². The lowest BCUT2D eigenvalue weighted by atomic mass is 10.0. The minimum Gasteiger partial charge on any atom is -0.492 e. The van der Waals surface area contributed by atoms with Crippen LogP contribution in [0, 0.1) is 0 Å². The molecule has 3 nitrogen and oxygen atoms in total. The molecule has 0 spiro atoms. The largest absolute Gasteiger partial charge is 0.492 e. The van der Waals surface area contributed by atoms with Crippen molar-refractivity contribution >= 4 is 40.5 Å². The Morgan fingerprint density at radius 1 is 1.09 bits per heavy atom. The van der Waals surface area contributed by atoms with Crippen molar-refractivity contribution in [3.05, 3.63) is 68.7 Å². The summed E-state index contributed by atoms with van der Waals surface area (Å²) in [5, 5.41) is 1.74. The van der Waals surface area contributed by atoms with Crippen LogP contribution in [0.1, 0.15) is 24.1 Å². The van der Waals surface area contributed by atoms with Gasteiger partial charge in [0.25, 0.3) is 0 Å². The quantitative estimate of drug-likeness (QED) is 0.773. The highest BCUT2D eigenvalue weighted by Crippen LogP contribution is 2.38. The zero-order valence-electron chi connectivity index (χ0n) is 12.4. The summed E-state index contributed by atoms with van der Waals surface area (Å²) < 4.78 is 5.67. The highest BCUT2D eigenvalue weighted by Gasteiger charge is 2.23. The Hall–Kier alpha value is -1.39. The van der Waals surface area contributed by atoms with E-state index in [9.17, 15) is 0 Å². The van der Waals surface area contributed by atoms with Crippen molar-refractivity contribution in [2.45, 2.75) is 13.0 Å². The molecule has 0 saturated heterocycles. The molecule has 0 bridgehead atoms. The molecule has 0 fully saturated rings. The zero-order chi connectivity index (χ0) is 16.4. The van der Waals surface area contributed by atoms with Crippen LogP contribution in [0.25, 0.3) is 5.70 Å². The maximum Gasteiger partial charge on any atom is 0.147 e. The van der Waals surface area contributed by atoms with Gasteiger partial charge in [-0.05, 0) is 36.8 Å². The number of hydrazine groups is 1. The lowest BCUT2D eigenvalue weighted by Crippen LogP contribution is -2.26. The van der Waals surface area contributed by atoms with Crippen molar-refractivity contribution < 1.29 is 4.74 Å². The van der Waals surface area contributed by atoms with E-state index in [-0.39, 0.29) is 6.04 Å². The molecule has 0 aliphatic carbocycles. The Morgan fingerprint density at radius 2 is 1.87 bits per heavy atom. The SMILES string of the molecule is CCOc1c(Cl)cc(Cl)cc1C1=C[C@@H](c2ccccc2Cl)NN1. The Balaban J connectivity index is 2.00. The van der Waals surface area contributed by atoms with Crippen molar-refractivity contribution in [3.8, 4) is 5.75 Å². The van der Waals surface area contributed by atoms with E-state index in [2.05, 4.69) is 10.9 Å². The van der Waals surface area contributed by atoms with E-state index < -0.39 is 0 Å². The summed E-state index contributed by atoms with van der Waals surface area (Å²) in [7, 11) is 0. The molecule has 0 amide bonds. The third kappa shape index (κ3) is 3.43. The molecule has 6 heteroatoms. The van der Waals surface area contributed by atoms with Gasteiger partial charge in [0.1, 0.15) is 5.75 Å². The summed E-state index contributed by atoms with van der Waals surface area (Å²) in [5.41, 5.74) is 9.01. The maximum absolute atomic E-state index is 6.27. The van der Waals surface area contributed by atoms with Gasteiger partial charge >= 0.3 is 0 Å². The monoisotopic (exact) mass is 368 g/mol. The normalized spacial score (nSPS) is 16.9. The third-order valence-corrected chi connectivity index (χ3v) is 4.37. The Kier molecular flexibility index (Phi) is 5.02. The minimum absolute atomic E-state index is 0.0501. The fourth-order valence-electron chi connectivity index (χ4n) is 2.51. The maximum atomic E-state index is 6.27. The van der Waals surface area contributed by atoms with E-state index in [1.807, 2.05) is 43.3 Å². The third-order valence-electron chi connectivity index (χ3n) is 3.52. The summed E-state index contributed by atoms with van der Waals surface area (Å²) in [6, 6.07) is 11.2. The number of benzene rings is 2. The lowest BCUT2D eigenvalue weighted by molar-refractivity contribution is 0.339. The molecule has 23 heavy (non-hydrogen) atoms. The summed E-state index contributed by atoms with van der Waals surface area (Å²) in [4.78, 5) is 0. The van der Waals surface area contributed by atoms with Gasteiger partial charge in [0, 0.05) is 15.6 Å². The molecule has 2 N–H and O–H groups in total. The summed E-state index contributed by atoms with van der Waals surface area (Å²) in [6.45, 7) is 2.43. The average molecular weight is 370 g/mol. The fourth-order valence-corrected chi connectivity index (χ4v) is 3.31. The molecule has 0 aromatic heterocycles. The average Bonchev–Trinajstić information content (AvgIpc) is 3.00. The van der Waals surface area contributed by atoms with E-state index >= 15 is 0 Å². The summed E-state index contributed by atoms with van der Waals surface area (Å²) in [5.74, 6) is 0.610. The highest BCUT2D eigenvalue weighted by molar-refractivity contribution is 6.36. The van der Waals surface area contributed by atoms with E-state index in [0.29, 0.717) is 27.4 Å². The molecular formula is C17H15Cl3N2O. The van der Waals surface area contributed by atoms with Gasteiger partial charge in [-0.2, -0.15) is 0 Å². The minimum atomic E-state index is -0.0501. The van der Waals surface area contributed by atoms with Crippen LogP contribution in [0.5, 0.6) is 5.75 Å². The predicted octanol–water partition coefficient (Wildman–Crippen LogP) is 5.24. The molecule has 1 atom stereocenters. The first kappa shape index (κ1) is 16.5. The Bertz CT molecular complexity index is 761. The second-order valence-electron chi connectivity index (χ2n) is 5.05. The highest BCUT2D eigenvalue weighted by atomic mass is 35.5. The van der Waals surface area contributed by atoms with Crippen LogP contribution >= 0.6 is 34.8 Å². The van der Waals surface area contributed by atoms with E-state index in [0.717, 1.165) is 16.8 Å². The molecule has 2 aromatic rings. The zero-order valence-corrected chi connectivity index (χ0v) is 14.6. The second kappa shape index (κ2) is 7.02. The summed E-state index contributed by atoms with van der Waals surface area (Å²) >= 11 is 18.7. The van der Waals surface area contributed by atoms with Crippen LogP contribution in [0.15, 0.2) is 42.5 Å². The molecule has 2 aromatic carbocycles. The first-order chi connectivity index (χ1) is 11.1. The first-order valence-corrected chi connectivity index (χ1v) is 8.33. The number of ether oxygens (including phenoxy) is 1. The van der Waals surface area contributed by atoms with Crippen LogP contribution in [0.3, 0.4) is 0 Å². The summed E-state index contributed by atoms with van der Waals surface area (Å²) in [6.07, 6.45) is 2.03. The number of hydrogen-bond acceptors (Lipinski definition) is 3. The molecule has 120 valence electrons. The number of nitrogens with one attached hydrogen (secondary N) is 2. The lowest BCUT2D eigenvalue weighted by Gasteiger charge is -2.14. The van der Waals surface area contributed by atoms with Crippen molar-refractivity contribution in [1.29, 1.82) is 0 Å². The molecule has 1 aliphatic heterocycles. The van der Waals surface area contributed by atoms with Crippen molar-refractivity contribution in [2.24, 2.45) is 0 Å². The van der Waals surface area contributed by atoms with E-state index in [1.165, 1.54) is 0 Å². The molecule has 1 heterocycles.